The molecule has 3 rings (SSSR count). The number of amides is 1. The van der Waals surface area contributed by atoms with Gasteiger partial charge in [-0.15, -0.1) is 11.3 Å². The van der Waals surface area contributed by atoms with E-state index in [-0.39, 0.29) is 18.2 Å². The Hall–Kier alpha value is -1.93. The van der Waals surface area contributed by atoms with E-state index in [0.717, 1.165) is 42.8 Å². The van der Waals surface area contributed by atoms with Crippen LogP contribution in [-0.2, 0) is 27.7 Å². The summed E-state index contributed by atoms with van der Waals surface area (Å²) in [6, 6.07) is 7.05. The van der Waals surface area contributed by atoms with Gasteiger partial charge in [0.25, 0.3) is 0 Å². The van der Waals surface area contributed by atoms with Crippen LogP contribution >= 0.6 is 11.3 Å². The van der Waals surface area contributed by atoms with Gasteiger partial charge >= 0.3 is 0 Å². The Morgan fingerprint density at radius 2 is 2.15 bits per heavy atom. The zero-order valence-electron chi connectivity index (χ0n) is 15.6. The van der Waals surface area contributed by atoms with Gasteiger partial charge in [0.05, 0.1) is 29.1 Å². The molecule has 1 atom stereocenters. The fourth-order valence-electron chi connectivity index (χ4n) is 3.33. The number of thiazole rings is 1. The number of benzene rings is 1. The topological polar surface area (TPSA) is 79.4 Å². The van der Waals surface area contributed by atoms with Crippen LogP contribution in [0, 0.1) is 0 Å². The summed E-state index contributed by atoms with van der Waals surface area (Å²) in [5, 5.41) is 3.21. The maximum atomic E-state index is 12.9. The predicted molar refractivity (Wildman–Crippen MR) is 109 cm³/mol. The van der Waals surface area contributed by atoms with Crippen molar-refractivity contribution in [2.24, 2.45) is 0 Å². The molecule has 2 heterocycles. The quantitative estimate of drug-likeness (QED) is 0.798. The lowest BCUT2D eigenvalue weighted by molar-refractivity contribution is -0.131. The minimum absolute atomic E-state index is 0.0229. The third kappa shape index (κ3) is 5.29. The monoisotopic (exact) mass is 407 g/mol. The van der Waals surface area contributed by atoms with E-state index in [4.69, 9.17) is 0 Å². The van der Waals surface area contributed by atoms with Gasteiger partial charge in [-0.3, -0.25) is 9.52 Å². The minimum Gasteiger partial charge on any atom is -0.342 e. The third-order valence-corrected chi connectivity index (χ3v) is 6.36. The molecule has 1 fully saturated rings. The van der Waals surface area contributed by atoms with Crippen molar-refractivity contribution in [3.05, 3.63) is 45.9 Å². The number of carbonyl (C=O) groups excluding carboxylic acids is 1. The lowest BCUT2D eigenvalue weighted by Gasteiger charge is -2.32. The molecule has 1 aromatic carbocycles. The second-order valence-corrected chi connectivity index (χ2v) is 9.56. The van der Waals surface area contributed by atoms with Crippen molar-refractivity contribution in [3.63, 3.8) is 0 Å². The van der Waals surface area contributed by atoms with Crippen LogP contribution in [0.3, 0.4) is 0 Å². The van der Waals surface area contributed by atoms with Crippen molar-refractivity contribution < 1.29 is 13.2 Å². The Balaban J connectivity index is 1.69. The molecule has 1 N–H and O–H groups in total. The van der Waals surface area contributed by atoms with Gasteiger partial charge in [0, 0.05) is 24.4 Å². The van der Waals surface area contributed by atoms with E-state index in [1.54, 1.807) is 29.5 Å². The molecule has 0 spiro atoms. The maximum Gasteiger partial charge on any atom is 0.229 e. The fraction of sp³-hybridized carbons (Fsp3) is 0.474. The van der Waals surface area contributed by atoms with Gasteiger partial charge in [-0.1, -0.05) is 25.1 Å². The number of sulfonamides is 1. The van der Waals surface area contributed by atoms with Gasteiger partial charge in [-0.05, 0) is 30.9 Å². The molecule has 1 unspecified atom stereocenters. The number of nitrogens with one attached hydrogen (secondary N) is 1. The van der Waals surface area contributed by atoms with Crippen molar-refractivity contribution in [1.29, 1.82) is 0 Å². The number of aryl methyl sites for hydroxylation is 1. The lowest BCUT2D eigenvalue weighted by atomic mass is 9.98. The molecule has 0 radical (unpaired) electrons. The number of anilines is 1. The van der Waals surface area contributed by atoms with E-state index in [0.29, 0.717) is 17.8 Å². The van der Waals surface area contributed by atoms with Gasteiger partial charge in [0.2, 0.25) is 15.9 Å². The van der Waals surface area contributed by atoms with Crippen LogP contribution in [-0.4, -0.2) is 43.6 Å². The number of hydrogen-bond donors (Lipinski definition) is 1. The molecule has 1 aliphatic rings. The average Bonchev–Trinajstić information content (AvgIpc) is 3.11. The molecule has 146 valence electrons. The van der Waals surface area contributed by atoms with E-state index < -0.39 is 10.0 Å². The van der Waals surface area contributed by atoms with E-state index >= 15 is 0 Å². The highest BCUT2D eigenvalue weighted by Crippen LogP contribution is 2.30. The minimum atomic E-state index is -3.39. The van der Waals surface area contributed by atoms with Crippen LogP contribution in [0.2, 0.25) is 0 Å². The van der Waals surface area contributed by atoms with E-state index in [2.05, 4.69) is 22.0 Å². The molecule has 1 saturated heterocycles. The SMILES string of the molecule is CCc1csc(C2CCCN(C(=O)Cc3ccccc3NS(C)(=O)=O)C2)n1. The van der Waals surface area contributed by atoms with Crippen LogP contribution in [0.4, 0.5) is 5.69 Å². The largest absolute Gasteiger partial charge is 0.342 e. The lowest BCUT2D eigenvalue weighted by Crippen LogP contribution is -2.40. The summed E-state index contributed by atoms with van der Waals surface area (Å²) in [7, 11) is -3.39. The van der Waals surface area contributed by atoms with Gasteiger partial charge < -0.3 is 4.90 Å². The molecule has 1 amide bonds. The van der Waals surface area contributed by atoms with Crippen LogP contribution < -0.4 is 4.72 Å². The Morgan fingerprint density at radius 1 is 1.37 bits per heavy atom. The van der Waals surface area contributed by atoms with Crippen molar-refractivity contribution >= 4 is 33.0 Å². The zero-order valence-corrected chi connectivity index (χ0v) is 17.3. The molecular weight excluding hydrogens is 382 g/mol. The Morgan fingerprint density at radius 3 is 2.85 bits per heavy atom. The van der Waals surface area contributed by atoms with Gasteiger partial charge in [-0.2, -0.15) is 0 Å². The maximum absolute atomic E-state index is 12.9. The normalized spacial score (nSPS) is 17.7. The molecule has 0 saturated carbocycles. The molecule has 0 bridgehead atoms. The highest BCUT2D eigenvalue weighted by atomic mass is 32.2. The molecule has 0 aliphatic carbocycles. The molecule has 27 heavy (non-hydrogen) atoms. The van der Waals surface area contributed by atoms with Crippen molar-refractivity contribution in [2.75, 3.05) is 24.1 Å². The number of hydrogen-bond acceptors (Lipinski definition) is 5. The Bertz CT molecular complexity index is 908. The second kappa shape index (κ2) is 8.39. The van der Waals surface area contributed by atoms with E-state index in [1.165, 1.54) is 0 Å². The summed E-state index contributed by atoms with van der Waals surface area (Å²) < 4.78 is 25.6. The number of nitrogens with zero attached hydrogens (tertiary/aromatic N) is 2. The smallest absolute Gasteiger partial charge is 0.229 e. The number of piperidine rings is 1. The molecule has 8 heteroatoms. The first-order valence-electron chi connectivity index (χ1n) is 9.13. The van der Waals surface area contributed by atoms with Crippen LogP contribution in [0.5, 0.6) is 0 Å². The highest BCUT2D eigenvalue weighted by molar-refractivity contribution is 7.92. The predicted octanol–water partition coefficient (Wildman–Crippen LogP) is 3.03. The summed E-state index contributed by atoms with van der Waals surface area (Å²) in [5.41, 5.74) is 2.27. The van der Waals surface area contributed by atoms with Crippen LogP contribution in [0.1, 0.15) is 41.9 Å². The number of para-hydroxylation sites is 1. The summed E-state index contributed by atoms with van der Waals surface area (Å²) in [5.74, 6) is 0.312. The molecule has 1 aromatic heterocycles. The van der Waals surface area contributed by atoms with Gasteiger partial charge in [-0.25, -0.2) is 13.4 Å². The first-order chi connectivity index (χ1) is 12.9. The van der Waals surface area contributed by atoms with Crippen molar-refractivity contribution in [2.45, 2.75) is 38.5 Å². The molecule has 2 aromatic rings. The third-order valence-electron chi connectivity index (χ3n) is 4.71. The van der Waals surface area contributed by atoms with E-state index in [1.807, 2.05) is 11.0 Å². The van der Waals surface area contributed by atoms with Crippen LogP contribution in [0.25, 0.3) is 0 Å². The van der Waals surface area contributed by atoms with Crippen LogP contribution in [0.15, 0.2) is 29.6 Å². The summed E-state index contributed by atoms with van der Waals surface area (Å²) in [6.07, 6.45) is 4.23. The van der Waals surface area contributed by atoms with Gasteiger partial charge in [0.15, 0.2) is 0 Å². The molecule has 6 nitrogen and oxygen atoms in total. The average molecular weight is 408 g/mol. The first kappa shape index (κ1) is 19.8. The van der Waals surface area contributed by atoms with Gasteiger partial charge in [0.1, 0.15) is 0 Å². The zero-order chi connectivity index (χ0) is 19.4. The fourth-order valence-corrected chi connectivity index (χ4v) is 4.96. The van der Waals surface area contributed by atoms with Crippen molar-refractivity contribution in [3.8, 4) is 0 Å². The molecular formula is C19H25N3O3S2. The van der Waals surface area contributed by atoms with E-state index in [9.17, 15) is 13.2 Å². The highest BCUT2D eigenvalue weighted by Gasteiger charge is 2.27. The number of aromatic nitrogens is 1. The summed E-state index contributed by atoms with van der Waals surface area (Å²) >= 11 is 1.68. The summed E-state index contributed by atoms with van der Waals surface area (Å²) in [4.78, 5) is 19.4. The summed E-state index contributed by atoms with van der Waals surface area (Å²) in [6.45, 7) is 3.51. The van der Waals surface area contributed by atoms with Crippen molar-refractivity contribution in [1.82, 2.24) is 9.88 Å². The molecule has 1 aliphatic heterocycles. The number of likely N-dealkylation sites (tertiary alicyclic amines) is 1. The Kier molecular flexibility index (Phi) is 6.16. The number of carbonyl (C=O) groups is 1. The standard InChI is InChI=1S/C19H25N3O3S2/c1-3-16-13-26-19(20-16)15-8-6-10-22(12-15)18(23)11-14-7-4-5-9-17(14)21-27(2,24)25/h4-5,7,9,13,15,21H,3,6,8,10-12H2,1-2H3. The number of rotatable bonds is 6. The Labute approximate surface area is 164 Å². The second-order valence-electron chi connectivity index (χ2n) is 6.92. The first-order valence-corrected chi connectivity index (χ1v) is 11.9.